The summed E-state index contributed by atoms with van der Waals surface area (Å²) in [6.07, 6.45) is 4.09. The van der Waals surface area contributed by atoms with Crippen LogP contribution in [0.25, 0.3) is 0 Å². The first-order valence-corrected chi connectivity index (χ1v) is 5.33. The van der Waals surface area contributed by atoms with E-state index in [-0.39, 0.29) is 0 Å². The predicted octanol–water partition coefficient (Wildman–Crippen LogP) is 0.999. The Bertz CT molecular complexity index is 327. The Hall–Kier alpha value is -1.36. The topological polar surface area (TPSA) is 67.1 Å². The molecule has 1 aliphatic heterocycles. The van der Waals surface area contributed by atoms with Crippen molar-refractivity contribution in [3.63, 3.8) is 0 Å². The van der Waals surface area contributed by atoms with Crippen LogP contribution >= 0.6 is 0 Å². The molecule has 82 valence electrons. The quantitative estimate of drug-likeness (QED) is 0.559. The van der Waals surface area contributed by atoms with Gasteiger partial charge in [0.2, 0.25) is 0 Å². The number of nitrogens with two attached hydrogens (primary N) is 1. The first-order valence-electron chi connectivity index (χ1n) is 5.33. The van der Waals surface area contributed by atoms with Crippen molar-refractivity contribution in [1.29, 1.82) is 0 Å². The van der Waals surface area contributed by atoms with E-state index in [1.165, 1.54) is 12.8 Å². The van der Waals surface area contributed by atoms with Gasteiger partial charge in [0.1, 0.15) is 18.0 Å². The van der Waals surface area contributed by atoms with Crippen LogP contribution in [-0.4, -0.2) is 23.1 Å². The van der Waals surface area contributed by atoms with Crippen molar-refractivity contribution < 1.29 is 0 Å². The number of hydrogen-bond donors (Lipinski definition) is 2. The van der Waals surface area contributed by atoms with Crippen LogP contribution in [0.5, 0.6) is 0 Å². The fraction of sp³-hybridized carbons (Fsp3) is 0.600. The number of hydrogen-bond acceptors (Lipinski definition) is 5. The van der Waals surface area contributed by atoms with Crippen LogP contribution in [-0.2, 0) is 0 Å². The minimum Gasteiger partial charge on any atom is -0.356 e. The number of rotatable bonds is 2. The van der Waals surface area contributed by atoms with Crippen LogP contribution in [0, 0.1) is 5.92 Å². The molecule has 15 heavy (non-hydrogen) atoms. The van der Waals surface area contributed by atoms with Gasteiger partial charge >= 0.3 is 0 Å². The third-order valence-corrected chi connectivity index (χ3v) is 2.78. The Kier molecular flexibility index (Phi) is 3.01. The Morgan fingerprint density at radius 1 is 1.53 bits per heavy atom. The van der Waals surface area contributed by atoms with Gasteiger partial charge in [0.25, 0.3) is 0 Å². The van der Waals surface area contributed by atoms with Crippen molar-refractivity contribution in [2.45, 2.75) is 19.8 Å². The number of piperidine rings is 1. The van der Waals surface area contributed by atoms with Gasteiger partial charge in [0.05, 0.1) is 0 Å². The normalized spacial score (nSPS) is 21.5. The van der Waals surface area contributed by atoms with Crippen molar-refractivity contribution in [2.75, 3.05) is 23.4 Å². The number of nitrogens with zero attached hydrogens (tertiary/aromatic N) is 3. The molecule has 1 aromatic heterocycles. The smallest absolute Gasteiger partial charge is 0.145 e. The summed E-state index contributed by atoms with van der Waals surface area (Å²) in [7, 11) is 0. The molecule has 0 spiro atoms. The molecule has 0 amide bonds. The van der Waals surface area contributed by atoms with E-state index in [4.69, 9.17) is 5.84 Å². The van der Waals surface area contributed by atoms with E-state index in [2.05, 4.69) is 27.2 Å². The summed E-state index contributed by atoms with van der Waals surface area (Å²) in [4.78, 5) is 10.6. The Labute approximate surface area is 89.7 Å². The SMILES string of the molecule is CC1CCCN(c2cc(NN)ncn2)C1. The molecule has 1 aliphatic rings. The molecular weight excluding hydrogens is 190 g/mol. The minimum absolute atomic E-state index is 0.665. The summed E-state index contributed by atoms with van der Waals surface area (Å²) in [6, 6.07) is 1.89. The molecule has 3 N–H and O–H groups in total. The minimum atomic E-state index is 0.665. The first kappa shape index (κ1) is 10.2. The van der Waals surface area contributed by atoms with E-state index in [0.29, 0.717) is 5.82 Å². The highest BCUT2D eigenvalue weighted by Gasteiger charge is 2.17. The zero-order valence-electron chi connectivity index (χ0n) is 8.98. The van der Waals surface area contributed by atoms with E-state index >= 15 is 0 Å². The molecule has 1 atom stereocenters. The van der Waals surface area contributed by atoms with Crippen molar-refractivity contribution >= 4 is 11.6 Å². The fourth-order valence-corrected chi connectivity index (χ4v) is 2.00. The van der Waals surface area contributed by atoms with Crippen LogP contribution in [0.3, 0.4) is 0 Å². The molecule has 1 saturated heterocycles. The maximum Gasteiger partial charge on any atom is 0.145 e. The molecule has 1 fully saturated rings. The standard InChI is InChI=1S/C10H17N5/c1-8-3-2-4-15(6-8)10-5-9(14-11)12-7-13-10/h5,7-8H,2-4,6,11H2,1H3,(H,12,13,14). The number of nitrogen functional groups attached to an aromatic ring is 1. The van der Waals surface area contributed by atoms with E-state index in [9.17, 15) is 0 Å². The van der Waals surface area contributed by atoms with Crippen LogP contribution in [0.15, 0.2) is 12.4 Å². The monoisotopic (exact) mass is 207 g/mol. The Morgan fingerprint density at radius 3 is 3.13 bits per heavy atom. The van der Waals surface area contributed by atoms with Gasteiger partial charge in [-0.1, -0.05) is 6.92 Å². The second-order valence-electron chi connectivity index (χ2n) is 4.10. The summed E-state index contributed by atoms with van der Waals surface area (Å²) in [6.45, 7) is 4.42. The van der Waals surface area contributed by atoms with Gasteiger partial charge < -0.3 is 10.3 Å². The Morgan fingerprint density at radius 2 is 2.40 bits per heavy atom. The molecule has 2 rings (SSSR count). The lowest BCUT2D eigenvalue weighted by Gasteiger charge is -2.31. The number of nitrogens with one attached hydrogen (secondary N) is 1. The zero-order valence-corrected chi connectivity index (χ0v) is 8.98. The van der Waals surface area contributed by atoms with E-state index < -0.39 is 0 Å². The molecular formula is C10H17N5. The van der Waals surface area contributed by atoms with Crippen molar-refractivity contribution in [1.82, 2.24) is 9.97 Å². The summed E-state index contributed by atoms with van der Waals surface area (Å²) in [5.74, 6) is 7.68. The van der Waals surface area contributed by atoms with Crippen molar-refractivity contribution in [2.24, 2.45) is 11.8 Å². The van der Waals surface area contributed by atoms with E-state index in [0.717, 1.165) is 24.8 Å². The summed E-state index contributed by atoms with van der Waals surface area (Å²) in [5.41, 5.74) is 2.54. The molecule has 2 heterocycles. The summed E-state index contributed by atoms with van der Waals surface area (Å²) >= 11 is 0. The highest BCUT2D eigenvalue weighted by Crippen LogP contribution is 2.21. The lowest BCUT2D eigenvalue weighted by molar-refractivity contribution is 0.444. The van der Waals surface area contributed by atoms with Gasteiger partial charge in [-0.15, -0.1) is 0 Å². The van der Waals surface area contributed by atoms with Crippen LogP contribution in [0.4, 0.5) is 11.6 Å². The molecule has 0 radical (unpaired) electrons. The lowest BCUT2D eigenvalue weighted by Crippen LogP contribution is -2.34. The number of hydrazine groups is 1. The van der Waals surface area contributed by atoms with Crippen molar-refractivity contribution in [3.05, 3.63) is 12.4 Å². The van der Waals surface area contributed by atoms with E-state index in [1.54, 1.807) is 6.33 Å². The summed E-state index contributed by atoms with van der Waals surface area (Å²) in [5, 5.41) is 0. The van der Waals surface area contributed by atoms with Gasteiger partial charge in [-0.05, 0) is 18.8 Å². The average Bonchev–Trinajstić information content (AvgIpc) is 2.29. The van der Waals surface area contributed by atoms with Gasteiger partial charge in [0.15, 0.2) is 0 Å². The third-order valence-electron chi connectivity index (χ3n) is 2.78. The molecule has 5 heteroatoms. The fourth-order valence-electron chi connectivity index (χ4n) is 2.00. The third kappa shape index (κ3) is 2.36. The van der Waals surface area contributed by atoms with Crippen LogP contribution in [0.1, 0.15) is 19.8 Å². The molecule has 0 aliphatic carbocycles. The largest absolute Gasteiger partial charge is 0.356 e. The van der Waals surface area contributed by atoms with Crippen LogP contribution in [0.2, 0.25) is 0 Å². The summed E-state index contributed by atoms with van der Waals surface area (Å²) < 4.78 is 0. The number of anilines is 2. The zero-order chi connectivity index (χ0) is 10.7. The second kappa shape index (κ2) is 4.44. The second-order valence-corrected chi connectivity index (χ2v) is 4.10. The maximum absolute atomic E-state index is 5.32. The highest BCUT2D eigenvalue weighted by atomic mass is 15.3. The molecule has 0 saturated carbocycles. The van der Waals surface area contributed by atoms with Gasteiger partial charge in [-0.25, -0.2) is 15.8 Å². The molecule has 1 unspecified atom stereocenters. The van der Waals surface area contributed by atoms with Crippen LogP contribution < -0.4 is 16.2 Å². The van der Waals surface area contributed by atoms with Gasteiger partial charge in [-0.2, -0.15) is 0 Å². The first-order chi connectivity index (χ1) is 7.29. The average molecular weight is 207 g/mol. The molecule has 0 aromatic carbocycles. The lowest BCUT2D eigenvalue weighted by atomic mass is 10.0. The highest BCUT2D eigenvalue weighted by molar-refractivity contribution is 5.47. The van der Waals surface area contributed by atoms with Crippen molar-refractivity contribution in [3.8, 4) is 0 Å². The number of aromatic nitrogens is 2. The van der Waals surface area contributed by atoms with E-state index in [1.807, 2.05) is 6.07 Å². The molecule has 5 nitrogen and oxygen atoms in total. The predicted molar refractivity (Wildman–Crippen MR) is 60.5 cm³/mol. The molecule has 0 bridgehead atoms. The molecule has 1 aromatic rings. The maximum atomic E-state index is 5.32. The van der Waals surface area contributed by atoms with Gasteiger partial charge in [-0.3, -0.25) is 0 Å². The Balaban J connectivity index is 2.13. The van der Waals surface area contributed by atoms with Gasteiger partial charge in [0, 0.05) is 19.2 Å².